The Bertz CT molecular complexity index is 1580. The maximum atomic E-state index is 13.5. The second-order valence-electron chi connectivity index (χ2n) is 8.20. The second kappa shape index (κ2) is 8.45. The SMILES string of the molecule is COc1cc2c(cc1NC(=S)NC(=O)C1c3ccccc3Oc3ccccc31)oc1ccccc12. The van der Waals surface area contributed by atoms with Gasteiger partial charge >= 0.3 is 0 Å². The Balaban J connectivity index is 1.29. The molecule has 0 bridgehead atoms. The molecule has 1 aliphatic rings. The number of benzene rings is 4. The van der Waals surface area contributed by atoms with Gasteiger partial charge in [-0.3, -0.25) is 4.79 Å². The van der Waals surface area contributed by atoms with Crippen LogP contribution in [0.3, 0.4) is 0 Å². The first-order valence-corrected chi connectivity index (χ1v) is 11.5. The minimum absolute atomic E-state index is 0.158. The molecule has 6 nitrogen and oxygen atoms in total. The van der Waals surface area contributed by atoms with Gasteiger partial charge in [0, 0.05) is 28.0 Å². The largest absolute Gasteiger partial charge is 0.495 e. The van der Waals surface area contributed by atoms with Gasteiger partial charge in [-0.2, -0.15) is 0 Å². The molecule has 7 heteroatoms. The normalized spacial score (nSPS) is 12.5. The number of nitrogens with one attached hydrogen (secondary N) is 2. The molecule has 0 aliphatic carbocycles. The molecule has 4 aromatic carbocycles. The molecule has 0 radical (unpaired) electrons. The molecule has 2 N–H and O–H groups in total. The number of hydrogen-bond donors (Lipinski definition) is 2. The summed E-state index contributed by atoms with van der Waals surface area (Å²) < 4.78 is 17.6. The number of carbonyl (C=O) groups excluding carboxylic acids is 1. The Morgan fingerprint density at radius 3 is 2.23 bits per heavy atom. The van der Waals surface area contributed by atoms with Crippen molar-refractivity contribution >= 4 is 50.9 Å². The Morgan fingerprint density at radius 2 is 1.51 bits per heavy atom. The third kappa shape index (κ3) is 3.66. The molecule has 5 aromatic rings. The van der Waals surface area contributed by atoms with E-state index in [0.29, 0.717) is 28.5 Å². The Kier molecular flexibility index (Phi) is 5.12. The average molecular weight is 481 g/mol. The molecule has 172 valence electrons. The first-order valence-electron chi connectivity index (χ1n) is 11.1. The quantitative estimate of drug-likeness (QED) is 0.293. The van der Waals surface area contributed by atoms with Crippen molar-refractivity contribution in [3.05, 3.63) is 96.1 Å². The summed E-state index contributed by atoms with van der Waals surface area (Å²) >= 11 is 5.51. The summed E-state index contributed by atoms with van der Waals surface area (Å²) in [5.74, 6) is 1.08. The van der Waals surface area contributed by atoms with E-state index in [-0.39, 0.29) is 11.0 Å². The van der Waals surface area contributed by atoms with E-state index in [1.165, 1.54) is 0 Å². The number of hydrogen-bond acceptors (Lipinski definition) is 5. The Hall–Kier alpha value is -4.36. The molecule has 35 heavy (non-hydrogen) atoms. The van der Waals surface area contributed by atoms with Crippen molar-refractivity contribution in [1.29, 1.82) is 0 Å². The van der Waals surface area contributed by atoms with Gasteiger partial charge in [-0.05, 0) is 36.5 Å². The summed E-state index contributed by atoms with van der Waals surface area (Å²) in [6, 6.07) is 26.6. The lowest BCUT2D eigenvalue weighted by atomic mass is 9.87. The summed E-state index contributed by atoms with van der Waals surface area (Å²) in [5, 5.41) is 8.04. The number of rotatable bonds is 3. The molecular weight excluding hydrogens is 460 g/mol. The molecule has 0 spiro atoms. The van der Waals surface area contributed by atoms with Crippen molar-refractivity contribution in [3.63, 3.8) is 0 Å². The predicted octanol–water partition coefficient (Wildman–Crippen LogP) is 6.35. The highest BCUT2D eigenvalue weighted by molar-refractivity contribution is 7.80. The predicted molar refractivity (Wildman–Crippen MR) is 139 cm³/mol. The minimum atomic E-state index is -0.560. The standard InChI is InChI=1S/C28H20N2O4S/c1-32-25-14-19-16-8-2-5-11-21(16)34-24(19)15-20(25)29-28(35)30-27(31)26-17-9-3-6-12-22(17)33-23-13-7-4-10-18(23)26/h2-15,26H,1H3,(H2,29,30,31,35). The molecule has 0 unspecified atom stereocenters. The van der Waals surface area contributed by atoms with Crippen LogP contribution in [0, 0.1) is 0 Å². The topological polar surface area (TPSA) is 72.7 Å². The zero-order valence-corrected chi connectivity index (χ0v) is 19.5. The van der Waals surface area contributed by atoms with Crippen molar-refractivity contribution in [1.82, 2.24) is 5.32 Å². The van der Waals surface area contributed by atoms with E-state index in [2.05, 4.69) is 10.6 Å². The van der Waals surface area contributed by atoms with Crippen molar-refractivity contribution in [2.45, 2.75) is 5.92 Å². The fourth-order valence-electron chi connectivity index (χ4n) is 4.55. The van der Waals surface area contributed by atoms with Crippen LogP contribution < -0.4 is 20.1 Å². The molecule has 2 heterocycles. The van der Waals surface area contributed by atoms with Gasteiger partial charge in [0.1, 0.15) is 28.4 Å². The number of furan rings is 1. The number of methoxy groups -OCH3 is 1. The molecule has 0 atom stereocenters. The first-order chi connectivity index (χ1) is 17.1. The van der Waals surface area contributed by atoms with E-state index in [4.69, 9.17) is 26.1 Å². The van der Waals surface area contributed by atoms with Gasteiger partial charge < -0.3 is 24.5 Å². The van der Waals surface area contributed by atoms with E-state index in [0.717, 1.165) is 27.5 Å². The number of anilines is 1. The van der Waals surface area contributed by atoms with Gasteiger partial charge in [-0.25, -0.2) is 0 Å². The number of amides is 1. The highest BCUT2D eigenvalue weighted by Crippen LogP contribution is 2.44. The van der Waals surface area contributed by atoms with Crippen LogP contribution in [-0.2, 0) is 4.79 Å². The van der Waals surface area contributed by atoms with E-state index in [9.17, 15) is 4.79 Å². The summed E-state index contributed by atoms with van der Waals surface area (Å²) in [6.45, 7) is 0. The number of thiocarbonyl (C=S) groups is 1. The van der Waals surface area contributed by atoms with Crippen LogP contribution in [0.15, 0.2) is 89.3 Å². The summed E-state index contributed by atoms with van der Waals surface area (Å²) in [6.07, 6.45) is 0. The van der Waals surface area contributed by atoms with Gasteiger partial charge in [0.05, 0.1) is 18.7 Å². The van der Waals surface area contributed by atoms with Crippen molar-refractivity contribution in [2.75, 3.05) is 12.4 Å². The lowest BCUT2D eigenvalue weighted by Crippen LogP contribution is -2.38. The molecule has 1 aliphatic heterocycles. The van der Waals surface area contributed by atoms with Crippen molar-refractivity contribution in [3.8, 4) is 17.2 Å². The van der Waals surface area contributed by atoms with Crippen LogP contribution in [0.2, 0.25) is 0 Å². The monoisotopic (exact) mass is 480 g/mol. The van der Waals surface area contributed by atoms with Crippen LogP contribution in [0.1, 0.15) is 17.0 Å². The highest BCUT2D eigenvalue weighted by Gasteiger charge is 2.32. The maximum absolute atomic E-state index is 13.5. The van der Waals surface area contributed by atoms with Crippen LogP contribution in [-0.4, -0.2) is 18.1 Å². The van der Waals surface area contributed by atoms with Gasteiger partial charge in [-0.15, -0.1) is 0 Å². The number of fused-ring (bicyclic) bond motifs is 5. The molecule has 0 saturated carbocycles. The van der Waals surface area contributed by atoms with Crippen LogP contribution in [0.5, 0.6) is 17.2 Å². The summed E-state index contributed by atoms with van der Waals surface area (Å²) in [7, 11) is 1.59. The molecule has 0 fully saturated rings. The number of para-hydroxylation sites is 3. The highest BCUT2D eigenvalue weighted by atomic mass is 32.1. The van der Waals surface area contributed by atoms with E-state index >= 15 is 0 Å². The maximum Gasteiger partial charge on any atom is 0.238 e. The van der Waals surface area contributed by atoms with Crippen molar-refractivity contribution in [2.24, 2.45) is 0 Å². The van der Waals surface area contributed by atoms with Crippen LogP contribution in [0.4, 0.5) is 5.69 Å². The summed E-state index contributed by atoms with van der Waals surface area (Å²) in [4.78, 5) is 13.5. The minimum Gasteiger partial charge on any atom is -0.495 e. The fourth-order valence-corrected chi connectivity index (χ4v) is 4.76. The molecule has 0 saturated heterocycles. The third-order valence-electron chi connectivity index (χ3n) is 6.13. The van der Waals surface area contributed by atoms with Gasteiger partial charge in [-0.1, -0.05) is 54.6 Å². The van der Waals surface area contributed by atoms with Gasteiger partial charge in [0.15, 0.2) is 5.11 Å². The number of carbonyl (C=O) groups is 1. The smallest absolute Gasteiger partial charge is 0.238 e. The first kappa shape index (κ1) is 21.2. The summed E-state index contributed by atoms with van der Waals surface area (Å²) in [5.41, 5.74) is 3.64. The van der Waals surface area contributed by atoms with Crippen molar-refractivity contribution < 1.29 is 18.7 Å². The van der Waals surface area contributed by atoms with E-state index in [1.54, 1.807) is 7.11 Å². The van der Waals surface area contributed by atoms with Crippen LogP contribution in [0.25, 0.3) is 21.9 Å². The van der Waals surface area contributed by atoms with Crippen LogP contribution >= 0.6 is 12.2 Å². The second-order valence-corrected chi connectivity index (χ2v) is 8.61. The zero-order chi connectivity index (χ0) is 23.9. The van der Waals surface area contributed by atoms with E-state index < -0.39 is 5.92 Å². The Morgan fingerprint density at radius 1 is 0.857 bits per heavy atom. The Labute approximate surface area is 206 Å². The lowest BCUT2D eigenvalue weighted by molar-refractivity contribution is -0.120. The molecular formula is C28H20N2O4S. The zero-order valence-electron chi connectivity index (χ0n) is 18.7. The lowest BCUT2D eigenvalue weighted by Gasteiger charge is -2.27. The van der Waals surface area contributed by atoms with E-state index in [1.807, 2.05) is 84.9 Å². The third-order valence-corrected chi connectivity index (χ3v) is 6.33. The molecule has 1 amide bonds. The van der Waals surface area contributed by atoms with Gasteiger partial charge in [0.25, 0.3) is 0 Å². The molecule has 6 rings (SSSR count). The average Bonchev–Trinajstić information content (AvgIpc) is 3.23. The fraction of sp³-hybridized carbons (Fsp3) is 0.0714. The van der Waals surface area contributed by atoms with Gasteiger partial charge in [0.2, 0.25) is 5.91 Å². The molecule has 1 aromatic heterocycles. The number of ether oxygens (including phenoxy) is 2.